The van der Waals surface area contributed by atoms with Crippen molar-refractivity contribution < 1.29 is 9.84 Å². The number of ether oxygens (including phenoxy) is 1. The van der Waals surface area contributed by atoms with Crippen LogP contribution in [-0.2, 0) is 4.74 Å². The molecule has 1 saturated heterocycles. The molecule has 1 unspecified atom stereocenters. The minimum absolute atomic E-state index is 0.192. The number of aliphatic hydroxyl groups is 1. The van der Waals surface area contributed by atoms with Gasteiger partial charge in [-0.3, -0.25) is 0 Å². The van der Waals surface area contributed by atoms with Crippen molar-refractivity contribution in [3.63, 3.8) is 0 Å². The van der Waals surface area contributed by atoms with Gasteiger partial charge in [0.2, 0.25) is 0 Å². The second kappa shape index (κ2) is 9.28. The summed E-state index contributed by atoms with van der Waals surface area (Å²) in [5.41, 5.74) is 0. The lowest BCUT2D eigenvalue weighted by molar-refractivity contribution is 0.00865. The molecule has 96 valence electrons. The molecule has 1 rings (SSSR count). The molecule has 3 nitrogen and oxygen atoms in total. The Hall–Kier alpha value is 0.230. The average molecular weight is 247 g/mol. The van der Waals surface area contributed by atoms with Gasteiger partial charge in [0.15, 0.2) is 0 Å². The topological polar surface area (TPSA) is 41.5 Å². The van der Waals surface area contributed by atoms with Crippen molar-refractivity contribution in [2.24, 2.45) is 5.92 Å². The molecule has 0 aromatic heterocycles. The van der Waals surface area contributed by atoms with Crippen LogP contribution in [0.4, 0.5) is 0 Å². The van der Waals surface area contributed by atoms with Crippen molar-refractivity contribution in [2.75, 3.05) is 37.8 Å². The molecule has 0 aliphatic carbocycles. The number of thioether (sulfide) groups is 1. The van der Waals surface area contributed by atoms with E-state index in [1.54, 1.807) is 0 Å². The molecule has 1 aliphatic heterocycles. The zero-order valence-corrected chi connectivity index (χ0v) is 11.1. The third-order valence-corrected chi connectivity index (χ3v) is 4.00. The Morgan fingerprint density at radius 3 is 2.88 bits per heavy atom. The number of hydrogen-bond donors (Lipinski definition) is 2. The quantitative estimate of drug-likeness (QED) is 0.638. The Morgan fingerprint density at radius 1 is 1.44 bits per heavy atom. The van der Waals surface area contributed by atoms with Gasteiger partial charge < -0.3 is 15.2 Å². The van der Waals surface area contributed by atoms with Gasteiger partial charge in [-0.05, 0) is 43.2 Å². The fourth-order valence-corrected chi connectivity index (χ4v) is 2.60. The maximum Gasteiger partial charge on any atom is 0.0694 e. The first-order valence-electron chi connectivity index (χ1n) is 6.39. The molecule has 0 radical (unpaired) electrons. The van der Waals surface area contributed by atoms with Gasteiger partial charge >= 0.3 is 0 Å². The smallest absolute Gasteiger partial charge is 0.0694 e. The second-order valence-corrected chi connectivity index (χ2v) is 5.67. The van der Waals surface area contributed by atoms with Gasteiger partial charge in [-0.1, -0.05) is 6.92 Å². The molecule has 0 saturated carbocycles. The molecule has 0 amide bonds. The van der Waals surface area contributed by atoms with Crippen LogP contribution in [0.3, 0.4) is 0 Å². The lowest BCUT2D eigenvalue weighted by Crippen LogP contribution is -2.36. The van der Waals surface area contributed by atoms with E-state index in [9.17, 15) is 5.11 Å². The SMILES string of the molecule is CCSCCCNCC(O)C1CCOCC1. The minimum atomic E-state index is -0.192. The first-order valence-corrected chi connectivity index (χ1v) is 7.54. The van der Waals surface area contributed by atoms with E-state index in [4.69, 9.17) is 4.74 Å². The number of hydrogen-bond acceptors (Lipinski definition) is 4. The minimum Gasteiger partial charge on any atom is -0.392 e. The van der Waals surface area contributed by atoms with Crippen molar-refractivity contribution >= 4 is 11.8 Å². The van der Waals surface area contributed by atoms with Gasteiger partial charge in [0.1, 0.15) is 0 Å². The van der Waals surface area contributed by atoms with E-state index in [-0.39, 0.29) is 6.10 Å². The van der Waals surface area contributed by atoms with E-state index < -0.39 is 0 Å². The first-order chi connectivity index (χ1) is 7.84. The van der Waals surface area contributed by atoms with Gasteiger partial charge in [0.05, 0.1) is 6.10 Å². The molecule has 1 aliphatic rings. The zero-order valence-electron chi connectivity index (χ0n) is 10.3. The Kier molecular flexibility index (Phi) is 8.29. The van der Waals surface area contributed by atoms with Crippen molar-refractivity contribution in [3.05, 3.63) is 0 Å². The highest BCUT2D eigenvalue weighted by molar-refractivity contribution is 7.99. The molecule has 2 N–H and O–H groups in total. The zero-order chi connectivity index (χ0) is 11.6. The third kappa shape index (κ3) is 6.09. The standard InChI is InChI=1S/C12H25NO2S/c1-2-16-9-3-6-13-10-12(14)11-4-7-15-8-5-11/h11-14H,2-10H2,1H3. The largest absolute Gasteiger partial charge is 0.392 e. The van der Waals surface area contributed by atoms with Gasteiger partial charge in [0.25, 0.3) is 0 Å². The van der Waals surface area contributed by atoms with Crippen LogP contribution in [0.1, 0.15) is 26.2 Å². The molecule has 0 spiro atoms. The maximum atomic E-state index is 9.95. The molecular formula is C12H25NO2S. The van der Waals surface area contributed by atoms with Crippen LogP contribution in [0.25, 0.3) is 0 Å². The van der Waals surface area contributed by atoms with Crippen LogP contribution in [0, 0.1) is 5.92 Å². The first kappa shape index (κ1) is 14.3. The molecule has 1 fully saturated rings. The Bertz CT molecular complexity index is 163. The van der Waals surface area contributed by atoms with E-state index in [1.807, 2.05) is 11.8 Å². The fraction of sp³-hybridized carbons (Fsp3) is 1.00. The Balaban J connectivity index is 1.94. The predicted molar refractivity (Wildman–Crippen MR) is 70.0 cm³/mol. The summed E-state index contributed by atoms with van der Waals surface area (Å²) in [5, 5.41) is 13.3. The highest BCUT2D eigenvalue weighted by atomic mass is 32.2. The third-order valence-electron chi connectivity index (χ3n) is 3.01. The van der Waals surface area contributed by atoms with Crippen LogP contribution >= 0.6 is 11.8 Å². The summed E-state index contributed by atoms with van der Waals surface area (Å²) in [6.45, 7) is 5.57. The predicted octanol–water partition coefficient (Wildman–Crippen LogP) is 1.51. The second-order valence-electron chi connectivity index (χ2n) is 4.27. The van der Waals surface area contributed by atoms with Gasteiger partial charge in [-0.25, -0.2) is 0 Å². The highest BCUT2D eigenvalue weighted by Crippen LogP contribution is 2.18. The molecule has 0 aromatic rings. The van der Waals surface area contributed by atoms with Crippen molar-refractivity contribution in [1.29, 1.82) is 0 Å². The normalized spacial score (nSPS) is 19.9. The Labute approximate surface area is 103 Å². The lowest BCUT2D eigenvalue weighted by Gasteiger charge is -2.26. The summed E-state index contributed by atoms with van der Waals surface area (Å²) in [5.74, 6) is 2.85. The highest BCUT2D eigenvalue weighted by Gasteiger charge is 2.21. The van der Waals surface area contributed by atoms with Gasteiger partial charge in [-0.15, -0.1) is 0 Å². The molecule has 0 bridgehead atoms. The van der Waals surface area contributed by atoms with Gasteiger partial charge in [-0.2, -0.15) is 11.8 Å². The van der Waals surface area contributed by atoms with Crippen LogP contribution in [-0.4, -0.2) is 49.0 Å². The molecule has 16 heavy (non-hydrogen) atoms. The summed E-state index contributed by atoms with van der Waals surface area (Å²) in [6, 6.07) is 0. The van der Waals surface area contributed by atoms with Crippen LogP contribution in [0.2, 0.25) is 0 Å². The van der Waals surface area contributed by atoms with Gasteiger partial charge in [0, 0.05) is 19.8 Å². The molecule has 1 atom stereocenters. The van der Waals surface area contributed by atoms with Crippen molar-refractivity contribution in [3.8, 4) is 0 Å². The summed E-state index contributed by atoms with van der Waals surface area (Å²) in [7, 11) is 0. The summed E-state index contributed by atoms with van der Waals surface area (Å²) in [6.07, 6.45) is 3.02. The van der Waals surface area contributed by atoms with Crippen LogP contribution in [0.15, 0.2) is 0 Å². The number of aliphatic hydroxyl groups excluding tert-OH is 1. The maximum absolute atomic E-state index is 9.95. The molecule has 4 heteroatoms. The Morgan fingerprint density at radius 2 is 2.19 bits per heavy atom. The molecular weight excluding hydrogens is 222 g/mol. The monoisotopic (exact) mass is 247 g/mol. The summed E-state index contributed by atoms with van der Waals surface area (Å²) in [4.78, 5) is 0. The summed E-state index contributed by atoms with van der Waals surface area (Å²) >= 11 is 1.98. The summed E-state index contributed by atoms with van der Waals surface area (Å²) < 4.78 is 5.29. The van der Waals surface area contributed by atoms with Crippen molar-refractivity contribution in [2.45, 2.75) is 32.3 Å². The van der Waals surface area contributed by atoms with E-state index in [2.05, 4.69) is 12.2 Å². The van der Waals surface area contributed by atoms with E-state index >= 15 is 0 Å². The van der Waals surface area contributed by atoms with E-state index in [0.29, 0.717) is 5.92 Å². The van der Waals surface area contributed by atoms with Crippen LogP contribution in [0.5, 0.6) is 0 Å². The van der Waals surface area contributed by atoms with E-state index in [0.717, 1.165) is 39.1 Å². The molecule has 0 aromatic carbocycles. The lowest BCUT2D eigenvalue weighted by atomic mass is 9.94. The van der Waals surface area contributed by atoms with Crippen LogP contribution < -0.4 is 5.32 Å². The molecule has 1 heterocycles. The van der Waals surface area contributed by atoms with Crippen molar-refractivity contribution in [1.82, 2.24) is 5.32 Å². The average Bonchev–Trinajstić information content (AvgIpc) is 2.34. The number of rotatable bonds is 8. The number of nitrogens with one attached hydrogen (secondary N) is 1. The van der Waals surface area contributed by atoms with E-state index in [1.165, 1.54) is 17.9 Å². The fourth-order valence-electron chi connectivity index (χ4n) is 1.96.